The van der Waals surface area contributed by atoms with Crippen LogP contribution < -0.4 is 5.32 Å². The van der Waals surface area contributed by atoms with Gasteiger partial charge >= 0.3 is 0 Å². The minimum atomic E-state index is 0. The van der Waals surface area contributed by atoms with E-state index in [1.54, 1.807) is 11.3 Å². The summed E-state index contributed by atoms with van der Waals surface area (Å²) in [6, 6.07) is 8.53. The maximum atomic E-state index is 12.5. The highest BCUT2D eigenvalue weighted by Crippen LogP contribution is 2.25. The molecular weight excluding hydrogens is 354 g/mol. The molecule has 136 valence electrons. The number of thiazole rings is 1. The van der Waals surface area contributed by atoms with Crippen molar-refractivity contribution in [2.45, 2.75) is 26.2 Å². The van der Waals surface area contributed by atoms with Gasteiger partial charge in [0.25, 0.3) is 0 Å². The molecule has 2 aromatic rings. The second kappa shape index (κ2) is 9.32. The van der Waals surface area contributed by atoms with E-state index in [1.165, 1.54) is 5.56 Å². The lowest BCUT2D eigenvalue weighted by Crippen LogP contribution is -2.31. The van der Waals surface area contributed by atoms with Crippen molar-refractivity contribution in [2.24, 2.45) is 5.92 Å². The summed E-state index contributed by atoms with van der Waals surface area (Å²) < 4.78 is 0. The SMILES string of the molecule is CCc1ccc(-c2nc(CC(=O)N3CCC(CNC)C3)cs2)cc1.Cl. The summed E-state index contributed by atoms with van der Waals surface area (Å²) in [6.45, 7) is 4.88. The summed E-state index contributed by atoms with van der Waals surface area (Å²) in [5.41, 5.74) is 3.35. The lowest BCUT2D eigenvalue weighted by Gasteiger charge is -2.15. The molecule has 1 aliphatic heterocycles. The van der Waals surface area contributed by atoms with Crippen LogP contribution in [0.3, 0.4) is 0 Å². The molecule has 1 aromatic carbocycles. The first-order chi connectivity index (χ1) is 11.7. The Morgan fingerprint density at radius 3 is 2.80 bits per heavy atom. The van der Waals surface area contributed by atoms with Gasteiger partial charge in [0, 0.05) is 24.0 Å². The van der Waals surface area contributed by atoms with Gasteiger partial charge in [0.15, 0.2) is 0 Å². The first-order valence-electron chi connectivity index (χ1n) is 8.65. The van der Waals surface area contributed by atoms with Crippen molar-refractivity contribution in [3.63, 3.8) is 0 Å². The molecule has 25 heavy (non-hydrogen) atoms. The number of rotatable bonds is 6. The van der Waals surface area contributed by atoms with Crippen LogP contribution in [0.2, 0.25) is 0 Å². The lowest BCUT2D eigenvalue weighted by molar-refractivity contribution is -0.129. The fourth-order valence-electron chi connectivity index (χ4n) is 3.18. The highest BCUT2D eigenvalue weighted by atomic mass is 35.5. The van der Waals surface area contributed by atoms with Crippen LogP contribution in [0.5, 0.6) is 0 Å². The van der Waals surface area contributed by atoms with Gasteiger partial charge in [-0.3, -0.25) is 4.79 Å². The van der Waals surface area contributed by atoms with Crippen molar-refractivity contribution in [2.75, 3.05) is 26.7 Å². The third-order valence-corrected chi connectivity index (χ3v) is 5.56. The van der Waals surface area contributed by atoms with Gasteiger partial charge in [0.05, 0.1) is 12.1 Å². The monoisotopic (exact) mass is 379 g/mol. The van der Waals surface area contributed by atoms with Crippen molar-refractivity contribution in [1.82, 2.24) is 15.2 Å². The molecule has 0 radical (unpaired) electrons. The van der Waals surface area contributed by atoms with Gasteiger partial charge in [-0.05, 0) is 37.9 Å². The van der Waals surface area contributed by atoms with Crippen molar-refractivity contribution in [3.8, 4) is 10.6 Å². The molecule has 0 saturated carbocycles. The Labute approximate surface area is 160 Å². The summed E-state index contributed by atoms with van der Waals surface area (Å²) in [4.78, 5) is 19.1. The Balaban J connectivity index is 0.00000225. The molecule has 1 N–H and O–H groups in total. The largest absolute Gasteiger partial charge is 0.342 e. The molecule has 1 amide bonds. The summed E-state index contributed by atoms with van der Waals surface area (Å²) in [5, 5.41) is 6.21. The van der Waals surface area contributed by atoms with Crippen LogP contribution in [0.25, 0.3) is 10.6 Å². The highest BCUT2D eigenvalue weighted by Gasteiger charge is 2.26. The Morgan fingerprint density at radius 1 is 1.36 bits per heavy atom. The topological polar surface area (TPSA) is 45.2 Å². The van der Waals surface area contributed by atoms with Crippen LogP contribution >= 0.6 is 23.7 Å². The predicted octanol–water partition coefficient (Wildman–Crippen LogP) is 3.40. The van der Waals surface area contributed by atoms with Gasteiger partial charge in [-0.15, -0.1) is 23.7 Å². The summed E-state index contributed by atoms with van der Waals surface area (Å²) in [6.07, 6.45) is 2.55. The van der Waals surface area contributed by atoms with E-state index in [0.29, 0.717) is 12.3 Å². The molecule has 0 aliphatic carbocycles. The number of aromatic nitrogens is 1. The standard InChI is InChI=1S/C19H25N3OS.ClH/c1-3-14-4-6-16(7-5-14)19-21-17(13-24-19)10-18(23)22-9-8-15(12-22)11-20-2;/h4-7,13,15,20H,3,8-12H2,1-2H3;1H. The molecule has 1 unspecified atom stereocenters. The molecule has 3 rings (SSSR count). The molecule has 4 nitrogen and oxygen atoms in total. The van der Waals surface area contributed by atoms with Crippen LogP contribution in [0.15, 0.2) is 29.6 Å². The molecule has 1 aromatic heterocycles. The van der Waals surface area contributed by atoms with E-state index in [-0.39, 0.29) is 18.3 Å². The minimum Gasteiger partial charge on any atom is -0.342 e. The molecule has 2 heterocycles. The van der Waals surface area contributed by atoms with E-state index in [2.05, 4.69) is 41.5 Å². The number of likely N-dealkylation sites (tertiary alicyclic amines) is 1. The van der Waals surface area contributed by atoms with E-state index in [4.69, 9.17) is 0 Å². The number of halogens is 1. The third-order valence-electron chi connectivity index (χ3n) is 4.62. The first kappa shape index (κ1) is 19.9. The molecule has 1 aliphatic rings. The summed E-state index contributed by atoms with van der Waals surface area (Å²) in [5.74, 6) is 0.786. The quantitative estimate of drug-likeness (QED) is 0.836. The van der Waals surface area contributed by atoms with Crippen LogP contribution in [-0.4, -0.2) is 42.5 Å². The van der Waals surface area contributed by atoms with Crippen molar-refractivity contribution in [1.29, 1.82) is 0 Å². The minimum absolute atomic E-state index is 0. The zero-order valence-electron chi connectivity index (χ0n) is 14.8. The first-order valence-corrected chi connectivity index (χ1v) is 9.53. The molecule has 1 saturated heterocycles. The van der Waals surface area contributed by atoms with Crippen LogP contribution in [0, 0.1) is 5.92 Å². The Bertz CT molecular complexity index is 686. The number of carbonyl (C=O) groups excluding carboxylic acids is 1. The number of carbonyl (C=O) groups is 1. The Kier molecular flexibility index (Phi) is 7.41. The fraction of sp³-hybridized carbons (Fsp3) is 0.474. The van der Waals surface area contributed by atoms with E-state index >= 15 is 0 Å². The van der Waals surface area contributed by atoms with Crippen LogP contribution in [0.1, 0.15) is 24.6 Å². The van der Waals surface area contributed by atoms with Gasteiger partial charge in [-0.2, -0.15) is 0 Å². The maximum Gasteiger partial charge on any atom is 0.228 e. The van der Waals surface area contributed by atoms with Gasteiger partial charge in [0.1, 0.15) is 5.01 Å². The zero-order valence-corrected chi connectivity index (χ0v) is 16.5. The molecule has 0 spiro atoms. The number of amides is 1. The third kappa shape index (κ3) is 5.03. The normalized spacial score (nSPS) is 16.7. The molecule has 1 atom stereocenters. The molecule has 1 fully saturated rings. The average Bonchev–Trinajstić information content (AvgIpc) is 3.25. The number of hydrogen-bond acceptors (Lipinski definition) is 4. The lowest BCUT2D eigenvalue weighted by atomic mass is 10.1. The maximum absolute atomic E-state index is 12.5. The number of hydrogen-bond donors (Lipinski definition) is 1. The second-order valence-corrected chi connectivity index (χ2v) is 7.28. The Hall–Kier alpha value is -1.43. The van der Waals surface area contributed by atoms with E-state index in [0.717, 1.165) is 48.7 Å². The van der Waals surface area contributed by atoms with Gasteiger partial charge in [-0.25, -0.2) is 4.98 Å². The van der Waals surface area contributed by atoms with Crippen molar-refractivity contribution >= 4 is 29.7 Å². The van der Waals surface area contributed by atoms with Crippen molar-refractivity contribution < 1.29 is 4.79 Å². The van der Waals surface area contributed by atoms with E-state index in [1.807, 2.05) is 17.3 Å². The van der Waals surface area contributed by atoms with Gasteiger partial charge < -0.3 is 10.2 Å². The average molecular weight is 380 g/mol. The molecule has 6 heteroatoms. The summed E-state index contributed by atoms with van der Waals surface area (Å²) >= 11 is 1.62. The highest BCUT2D eigenvalue weighted by molar-refractivity contribution is 7.13. The second-order valence-electron chi connectivity index (χ2n) is 6.42. The molecule has 0 bridgehead atoms. The van der Waals surface area contributed by atoms with Gasteiger partial charge in [0.2, 0.25) is 5.91 Å². The van der Waals surface area contributed by atoms with E-state index in [9.17, 15) is 4.79 Å². The zero-order chi connectivity index (χ0) is 16.9. The number of nitrogens with one attached hydrogen (secondary N) is 1. The summed E-state index contributed by atoms with van der Waals surface area (Å²) in [7, 11) is 1.97. The number of benzene rings is 1. The number of nitrogens with zero attached hydrogens (tertiary/aromatic N) is 2. The molecular formula is C19H26ClN3OS. The number of aryl methyl sites for hydroxylation is 1. The van der Waals surface area contributed by atoms with E-state index < -0.39 is 0 Å². The predicted molar refractivity (Wildman–Crippen MR) is 106 cm³/mol. The van der Waals surface area contributed by atoms with Crippen molar-refractivity contribution in [3.05, 3.63) is 40.9 Å². The van der Waals surface area contributed by atoms with Crippen LogP contribution in [0.4, 0.5) is 0 Å². The smallest absolute Gasteiger partial charge is 0.228 e. The van der Waals surface area contributed by atoms with Gasteiger partial charge in [-0.1, -0.05) is 31.2 Å². The fourth-order valence-corrected chi connectivity index (χ4v) is 4.01. The Morgan fingerprint density at radius 2 is 2.12 bits per heavy atom. The van der Waals surface area contributed by atoms with Crippen LogP contribution in [-0.2, 0) is 17.6 Å².